The average Bonchev–Trinajstić information content (AvgIpc) is 2.88. The number of ketones is 1. The van der Waals surface area contributed by atoms with Crippen LogP contribution in [0.5, 0.6) is 0 Å². The van der Waals surface area contributed by atoms with Crippen molar-refractivity contribution in [3.63, 3.8) is 0 Å². The number of nitrogens with zero attached hydrogens (tertiary/aromatic N) is 2. The molecule has 0 aliphatic carbocycles. The number of fused-ring (bicyclic) bond motifs is 1. The van der Waals surface area contributed by atoms with Gasteiger partial charge in [0.25, 0.3) is 11.7 Å². The van der Waals surface area contributed by atoms with Crippen molar-refractivity contribution >= 4 is 29.0 Å². The van der Waals surface area contributed by atoms with E-state index in [1.54, 1.807) is 31.2 Å². The van der Waals surface area contributed by atoms with E-state index in [1.165, 1.54) is 4.90 Å². The monoisotopic (exact) mass is 276 g/mol. The van der Waals surface area contributed by atoms with Crippen molar-refractivity contribution in [1.82, 2.24) is 5.16 Å². The van der Waals surface area contributed by atoms with E-state index < -0.39 is 11.7 Å². The maximum atomic E-state index is 12.0. The summed E-state index contributed by atoms with van der Waals surface area (Å²) >= 11 is 5.91. The van der Waals surface area contributed by atoms with Gasteiger partial charge in [-0.3, -0.25) is 14.5 Å². The fraction of sp³-hybridized carbons (Fsp3) is 0.154. The molecule has 1 aliphatic heterocycles. The summed E-state index contributed by atoms with van der Waals surface area (Å²) in [7, 11) is 0. The Hall–Kier alpha value is -2.14. The van der Waals surface area contributed by atoms with Crippen LogP contribution in [0, 0.1) is 6.92 Å². The van der Waals surface area contributed by atoms with Crippen LogP contribution < -0.4 is 4.90 Å². The molecule has 1 aliphatic rings. The summed E-state index contributed by atoms with van der Waals surface area (Å²) in [5.74, 6) is -0.441. The Morgan fingerprint density at radius 2 is 2.11 bits per heavy atom. The number of amides is 1. The van der Waals surface area contributed by atoms with Gasteiger partial charge < -0.3 is 4.52 Å². The van der Waals surface area contributed by atoms with Gasteiger partial charge in [-0.1, -0.05) is 16.8 Å². The van der Waals surface area contributed by atoms with Crippen molar-refractivity contribution in [2.24, 2.45) is 0 Å². The van der Waals surface area contributed by atoms with Crippen LogP contribution in [0.25, 0.3) is 0 Å². The predicted molar refractivity (Wildman–Crippen MR) is 68.2 cm³/mol. The van der Waals surface area contributed by atoms with E-state index in [-0.39, 0.29) is 6.54 Å². The topological polar surface area (TPSA) is 63.4 Å². The molecular formula is C13H9ClN2O3. The first-order valence-electron chi connectivity index (χ1n) is 5.64. The van der Waals surface area contributed by atoms with Gasteiger partial charge >= 0.3 is 0 Å². The Bertz CT molecular complexity index is 693. The summed E-state index contributed by atoms with van der Waals surface area (Å²) in [4.78, 5) is 25.2. The van der Waals surface area contributed by atoms with E-state index in [9.17, 15) is 9.59 Å². The second kappa shape index (κ2) is 4.20. The second-order valence-electron chi connectivity index (χ2n) is 4.31. The molecule has 1 aromatic carbocycles. The largest absolute Gasteiger partial charge is 0.361 e. The first-order valence-corrected chi connectivity index (χ1v) is 6.02. The molecule has 0 atom stereocenters. The third-order valence-corrected chi connectivity index (χ3v) is 3.17. The van der Waals surface area contributed by atoms with Crippen molar-refractivity contribution in [3.8, 4) is 0 Å². The van der Waals surface area contributed by atoms with E-state index in [0.717, 1.165) is 0 Å². The lowest BCUT2D eigenvalue weighted by Gasteiger charge is -2.14. The highest BCUT2D eigenvalue weighted by Gasteiger charge is 2.36. The summed E-state index contributed by atoms with van der Waals surface area (Å²) in [5.41, 5.74) is 1.48. The summed E-state index contributed by atoms with van der Waals surface area (Å²) < 4.78 is 4.95. The van der Waals surface area contributed by atoms with Gasteiger partial charge in [0.05, 0.1) is 17.8 Å². The smallest absolute Gasteiger partial charge is 0.299 e. The van der Waals surface area contributed by atoms with Gasteiger partial charge in [0.2, 0.25) is 0 Å². The third kappa shape index (κ3) is 1.92. The van der Waals surface area contributed by atoms with Crippen molar-refractivity contribution in [2.75, 3.05) is 4.90 Å². The molecule has 5 nitrogen and oxygen atoms in total. The molecule has 0 N–H and O–H groups in total. The summed E-state index contributed by atoms with van der Waals surface area (Å²) in [6.45, 7) is 1.95. The average molecular weight is 277 g/mol. The van der Waals surface area contributed by atoms with Crippen LogP contribution in [-0.2, 0) is 11.3 Å². The SMILES string of the molecule is Cc1cc(CN2C(=O)C(=O)c3ccc(Cl)cc32)no1. The number of aromatic nitrogens is 1. The molecule has 19 heavy (non-hydrogen) atoms. The van der Waals surface area contributed by atoms with Crippen LogP contribution in [0.1, 0.15) is 21.8 Å². The lowest BCUT2D eigenvalue weighted by Crippen LogP contribution is -2.29. The Balaban J connectivity index is 2.01. The van der Waals surface area contributed by atoms with Crippen LogP contribution >= 0.6 is 11.6 Å². The maximum absolute atomic E-state index is 12.0. The minimum atomic E-state index is -0.571. The molecule has 0 fully saturated rings. The van der Waals surface area contributed by atoms with E-state index in [2.05, 4.69) is 5.16 Å². The van der Waals surface area contributed by atoms with Gasteiger partial charge in [0.1, 0.15) is 11.5 Å². The van der Waals surface area contributed by atoms with Gasteiger partial charge in [-0.2, -0.15) is 0 Å². The van der Waals surface area contributed by atoms with Crippen molar-refractivity contribution in [1.29, 1.82) is 0 Å². The summed E-state index contributed by atoms with van der Waals surface area (Å²) in [6, 6.07) is 6.48. The highest BCUT2D eigenvalue weighted by molar-refractivity contribution is 6.52. The molecule has 1 amide bonds. The minimum absolute atomic E-state index is 0.190. The predicted octanol–water partition coefficient (Wildman–Crippen LogP) is 2.37. The highest BCUT2D eigenvalue weighted by atomic mass is 35.5. The van der Waals surface area contributed by atoms with Crippen molar-refractivity contribution in [2.45, 2.75) is 13.5 Å². The maximum Gasteiger partial charge on any atom is 0.299 e. The second-order valence-corrected chi connectivity index (χ2v) is 4.75. The van der Waals surface area contributed by atoms with Crippen LogP contribution in [0.3, 0.4) is 0 Å². The van der Waals surface area contributed by atoms with Crippen molar-refractivity contribution < 1.29 is 14.1 Å². The lowest BCUT2D eigenvalue weighted by atomic mass is 10.1. The molecule has 0 radical (unpaired) electrons. The number of benzene rings is 1. The van der Waals surface area contributed by atoms with Crippen LogP contribution in [0.4, 0.5) is 5.69 Å². The van der Waals surface area contributed by atoms with E-state index in [0.29, 0.717) is 27.7 Å². The molecule has 0 saturated carbocycles. The number of hydrogen-bond acceptors (Lipinski definition) is 4. The number of aryl methyl sites for hydroxylation is 1. The van der Waals surface area contributed by atoms with Gasteiger partial charge in [0.15, 0.2) is 0 Å². The van der Waals surface area contributed by atoms with E-state index >= 15 is 0 Å². The Labute approximate surface area is 113 Å². The summed E-state index contributed by atoms with van der Waals surface area (Å²) in [6.07, 6.45) is 0. The number of Topliss-reactive ketones (excluding diaryl/α,β-unsaturated/α-hetero) is 1. The normalized spacial score (nSPS) is 14.1. The molecular weight excluding hydrogens is 268 g/mol. The van der Waals surface area contributed by atoms with Crippen molar-refractivity contribution in [3.05, 3.63) is 46.3 Å². The zero-order valence-electron chi connectivity index (χ0n) is 10.0. The zero-order valence-corrected chi connectivity index (χ0v) is 10.8. The molecule has 96 valence electrons. The first kappa shape index (κ1) is 11.9. The highest BCUT2D eigenvalue weighted by Crippen LogP contribution is 2.32. The molecule has 0 unspecified atom stereocenters. The van der Waals surface area contributed by atoms with Gasteiger partial charge in [-0.25, -0.2) is 0 Å². The number of anilines is 1. The molecule has 0 bridgehead atoms. The van der Waals surface area contributed by atoms with Gasteiger partial charge in [0, 0.05) is 11.1 Å². The lowest BCUT2D eigenvalue weighted by molar-refractivity contribution is -0.114. The molecule has 2 aromatic rings. The third-order valence-electron chi connectivity index (χ3n) is 2.93. The van der Waals surface area contributed by atoms with Crippen LogP contribution in [0.2, 0.25) is 5.02 Å². The first-order chi connectivity index (χ1) is 9.06. The fourth-order valence-electron chi connectivity index (χ4n) is 2.08. The number of rotatable bonds is 2. The minimum Gasteiger partial charge on any atom is -0.361 e. The Kier molecular flexibility index (Phi) is 2.64. The number of halogens is 1. The van der Waals surface area contributed by atoms with E-state index in [4.69, 9.17) is 16.1 Å². The Morgan fingerprint density at radius 3 is 2.79 bits per heavy atom. The fourth-order valence-corrected chi connectivity index (χ4v) is 2.25. The number of hydrogen-bond donors (Lipinski definition) is 0. The van der Waals surface area contributed by atoms with E-state index in [1.807, 2.05) is 0 Å². The number of carbonyl (C=O) groups is 2. The quantitative estimate of drug-likeness (QED) is 0.790. The zero-order chi connectivity index (χ0) is 13.6. The molecule has 0 spiro atoms. The molecule has 2 heterocycles. The van der Waals surface area contributed by atoms with Gasteiger partial charge in [-0.05, 0) is 25.1 Å². The molecule has 1 aromatic heterocycles. The number of carbonyl (C=O) groups excluding carboxylic acids is 2. The molecule has 0 saturated heterocycles. The van der Waals surface area contributed by atoms with Gasteiger partial charge in [-0.15, -0.1) is 0 Å². The van der Waals surface area contributed by atoms with Crippen LogP contribution in [-0.4, -0.2) is 16.8 Å². The molecule has 6 heteroatoms. The molecule has 3 rings (SSSR count). The standard InChI is InChI=1S/C13H9ClN2O3/c1-7-4-9(15-19-7)6-16-11-5-8(14)2-3-10(11)12(17)13(16)18/h2-5H,6H2,1H3. The summed E-state index contributed by atoms with van der Waals surface area (Å²) in [5, 5.41) is 4.30. The van der Waals surface area contributed by atoms with Crippen LogP contribution in [0.15, 0.2) is 28.8 Å². The Morgan fingerprint density at radius 1 is 1.32 bits per heavy atom.